The number of aromatic nitrogens is 2. The van der Waals surface area contributed by atoms with Gasteiger partial charge in [-0.15, -0.1) is 0 Å². The third-order valence-corrected chi connectivity index (χ3v) is 1.95. The summed E-state index contributed by atoms with van der Waals surface area (Å²) in [6, 6.07) is 0. The molecule has 0 bridgehead atoms. The van der Waals surface area contributed by atoms with Crippen LogP contribution in [0.3, 0.4) is 0 Å². The van der Waals surface area contributed by atoms with Crippen molar-refractivity contribution in [2.24, 2.45) is 0 Å². The number of nitrogens with zero attached hydrogens (tertiary/aromatic N) is 3. The summed E-state index contributed by atoms with van der Waals surface area (Å²) < 4.78 is 0.723. The first-order valence-corrected chi connectivity index (χ1v) is 4.75. The molecule has 6 nitrogen and oxygen atoms in total. The molecular weight excluding hydrogens is 289 g/mol. The molecule has 1 N–H and O–H groups in total. The number of rotatable bonds is 3. The summed E-state index contributed by atoms with van der Waals surface area (Å²) in [5, 5.41) is 19.5. The molecule has 0 aliphatic carbocycles. The molecule has 1 atom stereocenters. The first-order valence-electron chi connectivity index (χ1n) is 3.51. The van der Waals surface area contributed by atoms with Crippen molar-refractivity contribution in [3.05, 3.63) is 22.1 Å². The summed E-state index contributed by atoms with van der Waals surface area (Å²) in [5.41, 5.74) is 0. The summed E-state index contributed by atoms with van der Waals surface area (Å²) >= 11 is 1.78. The van der Waals surface area contributed by atoms with Crippen LogP contribution in [0.25, 0.3) is 0 Å². The summed E-state index contributed by atoms with van der Waals surface area (Å²) in [5.74, 6) is 0.440. The van der Waals surface area contributed by atoms with Gasteiger partial charge in [-0.25, -0.2) is 9.55 Å². The maximum Gasteiger partial charge on any atom is 0.342 e. The van der Waals surface area contributed by atoms with E-state index in [0.717, 1.165) is 0 Å². The van der Waals surface area contributed by atoms with Gasteiger partial charge in [-0.3, -0.25) is 0 Å². The predicted molar refractivity (Wildman–Crippen MR) is 53.6 cm³/mol. The SMILES string of the molecule is Cc1ncc([N+](=O)[O-])n1CC(O)I. The lowest BCUT2D eigenvalue weighted by Crippen LogP contribution is -2.12. The van der Waals surface area contributed by atoms with Gasteiger partial charge >= 0.3 is 5.82 Å². The van der Waals surface area contributed by atoms with E-state index in [-0.39, 0.29) is 12.4 Å². The zero-order valence-corrected chi connectivity index (χ0v) is 9.00. The number of hydrogen-bond acceptors (Lipinski definition) is 4. The number of aryl methyl sites for hydroxylation is 1. The molecule has 0 aliphatic rings. The number of hydrogen-bond donors (Lipinski definition) is 1. The van der Waals surface area contributed by atoms with Gasteiger partial charge < -0.3 is 15.2 Å². The van der Waals surface area contributed by atoms with Gasteiger partial charge in [0, 0.05) is 6.92 Å². The van der Waals surface area contributed by atoms with Crippen molar-refractivity contribution < 1.29 is 10.0 Å². The fourth-order valence-electron chi connectivity index (χ4n) is 0.978. The highest BCUT2D eigenvalue weighted by molar-refractivity contribution is 14.1. The Morgan fingerprint density at radius 1 is 1.92 bits per heavy atom. The van der Waals surface area contributed by atoms with Crippen molar-refractivity contribution in [1.29, 1.82) is 0 Å². The van der Waals surface area contributed by atoms with Gasteiger partial charge in [0.15, 0.2) is 5.82 Å². The molecule has 1 aromatic rings. The second-order valence-corrected chi connectivity index (χ2v) is 3.90. The van der Waals surface area contributed by atoms with E-state index in [9.17, 15) is 10.1 Å². The molecule has 0 aliphatic heterocycles. The van der Waals surface area contributed by atoms with Crippen LogP contribution in [-0.4, -0.2) is 23.7 Å². The van der Waals surface area contributed by atoms with Crippen LogP contribution < -0.4 is 0 Å². The van der Waals surface area contributed by atoms with Gasteiger partial charge in [-0.1, -0.05) is 0 Å². The molecule has 72 valence electrons. The van der Waals surface area contributed by atoms with Crippen molar-refractivity contribution >= 4 is 28.4 Å². The number of aliphatic hydroxyl groups excluding tert-OH is 1. The Morgan fingerprint density at radius 2 is 2.54 bits per heavy atom. The molecule has 1 rings (SSSR count). The second-order valence-electron chi connectivity index (χ2n) is 2.47. The Morgan fingerprint density at radius 3 is 3.00 bits per heavy atom. The highest BCUT2D eigenvalue weighted by atomic mass is 127. The number of imidazole rings is 1. The maximum atomic E-state index is 10.5. The molecular formula is C6H8IN3O3. The first kappa shape index (κ1) is 10.4. The average Bonchev–Trinajstić information content (AvgIpc) is 2.32. The highest BCUT2D eigenvalue weighted by Gasteiger charge is 2.18. The van der Waals surface area contributed by atoms with E-state index in [1.807, 2.05) is 0 Å². The normalized spacial score (nSPS) is 12.8. The molecule has 13 heavy (non-hydrogen) atoms. The third-order valence-electron chi connectivity index (χ3n) is 1.55. The molecule has 0 saturated carbocycles. The minimum Gasteiger partial charge on any atom is -0.379 e. The lowest BCUT2D eigenvalue weighted by Gasteiger charge is -2.03. The van der Waals surface area contributed by atoms with Crippen LogP contribution in [0, 0.1) is 17.0 Å². The van der Waals surface area contributed by atoms with Crippen molar-refractivity contribution in [1.82, 2.24) is 9.55 Å². The van der Waals surface area contributed by atoms with Gasteiger partial charge in [-0.2, -0.15) is 0 Å². The predicted octanol–water partition coefficient (Wildman–Crippen LogP) is 0.853. The molecule has 0 radical (unpaired) electrons. The minimum absolute atomic E-state index is 0.0896. The average molecular weight is 297 g/mol. The zero-order chi connectivity index (χ0) is 10.0. The number of nitro groups is 1. The van der Waals surface area contributed by atoms with Gasteiger partial charge in [0.05, 0.1) is 0 Å². The fraction of sp³-hybridized carbons (Fsp3) is 0.500. The number of alkyl halides is 1. The van der Waals surface area contributed by atoms with Gasteiger partial charge in [0.1, 0.15) is 16.9 Å². The van der Waals surface area contributed by atoms with Gasteiger partial charge in [0.25, 0.3) is 0 Å². The van der Waals surface area contributed by atoms with Crippen LogP contribution in [-0.2, 0) is 6.54 Å². The van der Waals surface area contributed by atoms with Gasteiger partial charge in [0.2, 0.25) is 0 Å². The van der Waals surface area contributed by atoms with Crippen molar-refractivity contribution in [2.45, 2.75) is 17.6 Å². The molecule has 1 aromatic heterocycles. The number of halogens is 1. The quantitative estimate of drug-likeness (QED) is 0.388. The molecule has 0 amide bonds. The van der Waals surface area contributed by atoms with Crippen molar-refractivity contribution in [2.75, 3.05) is 0 Å². The Kier molecular flexibility index (Phi) is 3.20. The third kappa shape index (κ3) is 2.37. The lowest BCUT2D eigenvalue weighted by molar-refractivity contribution is -0.392. The summed E-state index contributed by atoms with van der Waals surface area (Å²) in [6.45, 7) is 1.84. The largest absolute Gasteiger partial charge is 0.379 e. The first-order chi connectivity index (χ1) is 6.02. The Hall–Kier alpha value is -0.700. The molecule has 0 aromatic carbocycles. The van der Waals surface area contributed by atoms with Crippen LogP contribution in [0.15, 0.2) is 6.20 Å². The molecule has 1 heterocycles. The fourth-order valence-corrected chi connectivity index (χ4v) is 1.37. The van der Waals surface area contributed by atoms with Crippen LogP contribution in [0.2, 0.25) is 0 Å². The Labute approximate surface area is 87.9 Å². The summed E-state index contributed by atoms with van der Waals surface area (Å²) in [4.78, 5) is 13.8. The molecule has 0 fully saturated rings. The van der Waals surface area contributed by atoms with Crippen molar-refractivity contribution in [3.8, 4) is 0 Å². The number of aliphatic hydroxyl groups is 1. The Bertz CT molecular complexity index is 323. The zero-order valence-electron chi connectivity index (χ0n) is 6.85. The van der Waals surface area contributed by atoms with Crippen LogP contribution >= 0.6 is 22.6 Å². The van der Waals surface area contributed by atoms with E-state index < -0.39 is 9.03 Å². The molecule has 0 saturated heterocycles. The monoisotopic (exact) mass is 297 g/mol. The van der Waals surface area contributed by atoms with Crippen LogP contribution in [0.4, 0.5) is 5.82 Å². The van der Waals surface area contributed by atoms with E-state index in [2.05, 4.69) is 4.98 Å². The molecule has 0 spiro atoms. The van der Waals surface area contributed by atoms with E-state index in [1.165, 1.54) is 10.8 Å². The standard InChI is InChI=1S/C6H8IN3O3/c1-4-8-2-6(10(12)13)9(4)3-5(7)11/h2,5,11H,3H2,1H3. The Balaban J connectivity index is 3.01. The summed E-state index contributed by atoms with van der Waals surface area (Å²) in [6.07, 6.45) is 1.19. The lowest BCUT2D eigenvalue weighted by atomic mass is 10.6. The van der Waals surface area contributed by atoms with Crippen LogP contribution in [0.5, 0.6) is 0 Å². The highest BCUT2D eigenvalue weighted by Crippen LogP contribution is 2.15. The minimum atomic E-state index is -0.649. The van der Waals surface area contributed by atoms with E-state index in [4.69, 9.17) is 5.11 Å². The van der Waals surface area contributed by atoms with E-state index in [1.54, 1.807) is 29.5 Å². The molecule has 1 unspecified atom stereocenters. The smallest absolute Gasteiger partial charge is 0.342 e. The summed E-state index contributed by atoms with van der Waals surface area (Å²) in [7, 11) is 0. The van der Waals surface area contributed by atoms with Crippen LogP contribution in [0.1, 0.15) is 5.82 Å². The molecule has 7 heteroatoms. The maximum absolute atomic E-state index is 10.5. The second kappa shape index (κ2) is 4.01. The topological polar surface area (TPSA) is 81.2 Å². The van der Waals surface area contributed by atoms with E-state index >= 15 is 0 Å². The van der Waals surface area contributed by atoms with E-state index in [0.29, 0.717) is 5.82 Å². The van der Waals surface area contributed by atoms with Crippen molar-refractivity contribution in [3.63, 3.8) is 0 Å². The van der Waals surface area contributed by atoms with Gasteiger partial charge in [-0.05, 0) is 27.5 Å².